The molecule has 0 atom stereocenters. The summed E-state index contributed by atoms with van der Waals surface area (Å²) >= 11 is 1.65. The van der Waals surface area contributed by atoms with Crippen LogP contribution in [0.3, 0.4) is 0 Å². The molecule has 7 heteroatoms. The highest BCUT2D eigenvalue weighted by Gasteiger charge is 2.06. The maximum absolute atomic E-state index is 4.80. The van der Waals surface area contributed by atoms with Gasteiger partial charge in [0.1, 0.15) is 0 Å². The van der Waals surface area contributed by atoms with Crippen molar-refractivity contribution in [3.05, 3.63) is 64.8 Å². The van der Waals surface area contributed by atoms with Crippen LogP contribution in [0.4, 0.5) is 5.69 Å². The maximum atomic E-state index is 4.80. The van der Waals surface area contributed by atoms with Crippen molar-refractivity contribution in [3.63, 3.8) is 0 Å². The largest absolute Gasteiger partial charge is 0.317 e. The molecule has 0 spiro atoms. The standard InChI is InChI=1S/C18H16N6S/c1-2-24-16(13-6-4-3-5-7-13)12-25-18(24)19-15-10-8-14(9-11-15)17-20-22-23-21-17/h3-12H,2H2,1H3,(H,20,21,22,23)/b19-18-. The third-order valence-corrected chi connectivity index (χ3v) is 4.74. The Hall–Kier alpha value is -3.06. The van der Waals surface area contributed by atoms with E-state index in [2.05, 4.69) is 61.8 Å². The predicted octanol–water partition coefficient (Wildman–Crippen LogP) is 3.65. The summed E-state index contributed by atoms with van der Waals surface area (Å²) in [6.07, 6.45) is 0. The molecule has 2 aromatic carbocycles. The quantitative estimate of drug-likeness (QED) is 0.612. The van der Waals surface area contributed by atoms with Crippen molar-refractivity contribution in [2.24, 2.45) is 4.99 Å². The van der Waals surface area contributed by atoms with Crippen LogP contribution in [-0.2, 0) is 6.54 Å². The first-order valence-electron chi connectivity index (χ1n) is 7.97. The van der Waals surface area contributed by atoms with Gasteiger partial charge in [0.25, 0.3) is 0 Å². The first-order chi connectivity index (χ1) is 12.3. The lowest BCUT2D eigenvalue weighted by atomic mass is 10.2. The Kier molecular flexibility index (Phi) is 4.22. The van der Waals surface area contributed by atoms with E-state index in [0.29, 0.717) is 5.82 Å². The zero-order valence-corrected chi connectivity index (χ0v) is 14.4. The second kappa shape index (κ2) is 6.82. The van der Waals surface area contributed by atoms with Crippen LogP contribution in [-0.4, -0.2) is 25.2 Å². The van der Waals surface area contributed by atoms with E-state index in [0.717, 1.165) is 22.6 Å². The van der Waals surface area contributed by atoms with Gasteiger partial charge in [-0.05, 0) is 42.0 Å². The van der Waals surface area contributed by atoms with Gasteiger partial charge in [-0.1, -0.05) is 30.3 Å². The number of thiazole rings is 1. The molecule has 0 fully saturated rings. The highest BCUT2D eigenvalue weighted by Crippen LogP contribution is 2.21. The number of hydrogen-bond donors (Lipinski definition) is 1. The molecule has 6 nitrogen and oxygen atoms in total. The number of tetrazole rings is 1. The summed E-state index contributed by atoms with van der Waals surface area (Å²) < 4.78 is 2.23. The van der Waals surface area contributed by atoms with Gasteiger partial charge >= 0.3 is 0 Å². The topological polar surface area (TPSA) is 71.8 Å². The van der Waals surface area contributed by atoms with Gasteiger partial charge in [-0.2, -0.15) is 5.21 Å². The van der Waals surface area contributed by atoms with Crippen molar-refractivity contribution in [3.8, 4) is 22.6 Å². The lowest BCUT2D eigenvalue weighted by Gasteiger charge is -2.05. The van der Waals surface area contributed by atoms with Crippen molar-refractivity contribution < 1.29 is 0 Å². The highest BCUT2D eigenvalue weighted by molar-refractivity contribution is 7.07. The molecule has 124 valence electrons. The highest BCUT2D eigenvalue weighted by atomic mass is 32.1. The van der Waals surface area contributed by atoms with Gasteiger partial charge in [0, 0.05) is 17.5 Å². The minimum Gasteiger partial charge on any atom is -0.317 e. The van der Waals surface area contributed by atoms with Crippen LogP contribution < -0.4 is 4.80 Å². The van der Waals surface area contributed by atoms with Gasteiger partial charge in [0.2, 0.25) is 5.82 Å². The number of nitrogens with one attached hydrogen (secondary N) is 1. The van der Waals surface area contributed by atoms with Gasteiger partial charge in [0.05, 0.1) is 11.4 Å². The summed E-state index contributed by atoms with van der Waals surface area (Å²) in [7, 11) is 0. The molecule has 25 heavy (non-hydrogen) atoms. The van der Waals surface area contributed by atoms with E-state index in [9.17, 15) is 0 Å². The Balaban J connectivity index is 1.71. The van der Waals surface area contributed by atoms with Gasteiger partial charge < -0.3 is 4.57 Å². The molecule has 0 saturated heterocycles. The molecule has 0 saturated carbocycles. The average molecular weight is 348 g/mol. The number of hydrogen-bond acceptors (Lipinski definition) is 5. The fourth-order valence-electron chi connectivity index (χ4n) is 2.64. The van der Waals surface area contributed by atoms with E-state index in [4.69, 9.17) is 4.99 Å². The molecule has 0 unspecified atom stereocenters. The average Bonchev–Trinajstić information content (AvgIpc) is 3.33. The van der Waals surface area contributed by atoms with Crippen molar-refractivity contribution in [1.29, 1.82) is 0 Å². The summed E-state index contributed by atoms with van der Waals surface area (Å²) in [5.41, 5.74) is 4.20. The lowest BCUT2D eigenvalue weighted by molar-refractivity contribution is 0.745. The summed E-state index contributed by atoms with van der Waals surface area (Å²) in [5, 5.41) is 16.2. The van der Waals surface area contributed by atoms with Gasteiger partial charge in [0.15, 0.2) is 4.80 Å². The first-order valence-corrected chi connectivity index (χ1v) is 8.85. The Morgan fingerprint density at radius 1 is 1.04 bits per heavy atom. The summed E-state index contributed by atoms with van der Waals surface area (Å²) in [6.45, 7) is 3.00. The van der Waals surface area contributed by atoms with Gasteiger partial charge in [-0.3, -0.25) is 0 Å². The fourth-order valence-corrected chi connectivity index (χ4v) is 3.64. The predicted molar refractivity (Wildman–Crippen MR) is 98.3 cm³/mol. The zero-order valence-electron chi connectivity index (χ0n) is 13.6. The molecule has 4 aromatic rings. The number of aromatic amines is 1. The van der Waals surface area contributed by atoms with Crippen molar-refractivity contribution in [1.82, 2.24) is 25.2 Å². The molecule has 0 aliphatic rings. The van der Waals surface area contributed by atoms with E-state index in [1.54, 1.807) is 11.3 Å². The third kappa shape index (κ3) is 3.14. The molecular formula is C18H16N6S. The Morgan fingerprint density at radius 3 is 2.52 bits per heavy atom. The maximum Gasteiger partial charge on any atom is 0.204 e. The second-order valence-electron chi connectivity index (χ2n) is 5.41. The number of aromatic nitrogens is 5. The summed E-state index contributed by atoms with van der Waals surface area (Å²) in [6, 6.07) is 18.2. The van der Waals surface area contributed by atoms with Crippen LogP contribution in [0.15, 0.2) is 65.0 Å². The SMILES string of the molecule is CCn1c(-c2ccccc2)cs/c1=N\c1ccc(-c2nn[nH]n2)cc1. The number of benzene rings is 2. The van der Waals surface area contributed by atoms with E-state index < -0.39 is 0 Å². The van der Waals surface area contributed by atoms with E-state index in [1.165, 1.54) is 11.3 Å². The monoisotopic (exact) mass is 348 g/mol. The molecule has 2 heterocycles. The van der Waals surface area contributed by atoms with Crippen LogP contribution in [0.1, 0.15) is 6.92 Å². The molecule has 4 rings (SSSR count). The minimum atomic E-state index is 0.581. The van der Waals surface area contributed by atoms with Crippen molar-refractivity contribution >= 4 is 17.0 Å². The number of nitrogens with zero attached hydrogens (tertiary/aromatic N) is 5. The lowest BCUT2D eigenvalue weighted by Crippen LogP contribution is -2.14. The number of H-pyrrole nitrogens is 1. The van der Waals surface area contributed by atoms with Crippen LogP contribution in [0, 0.1) is 0 Å². The van der Waals surface area contributed by atoms with Gasteiger partial charge in [-0.25, -0.2) is 4.99 Å². The summed E-state index contributed by atoms with van der Waals surface area (Å²) in [5.74, 6) is 0.581. The molecule has 2 aromatic heterocycles. The summed E-state index contributed by atoms with van der Waals surface area (Å²) in [4.78, 5) is 5.78. The zero-order chi connectivity index (χ0) is 17.1. The van der Waals surface area contributed by atoms with Crippen molar-refractivity contribution in [2.75, 3.05) is 0 Å². The Bertz CT molecular complexity index is 1010. The van der Waals surface area contributed by atoms with Gasteiger partial charge in [-0.15, -0.1) is 21.5 Å². The Morgan fingerprint density at radius 2 is 1.84 bits per heavy atom. The van der Waals surface area contributed by atoms with Crippen LogP contribution >= 0.6 is 11.3 Å². The van der Waals surface area contributed by atoms with Crippen LogP contribution in [0.5, 0.6) is 0 Å². The second-order valence-corrected chi connectivity index (χ2v) is 6.24. The molecule has 0 amide bonds. The van der Waals surface area contributed by atoms with Crippen molar-refractivity contribution in [2.45, 2.75) is 13.5 Å². The first kappa shape index (κ1) is 15.5. The van der Waals surface area contributed by atoms with E-state index >= 15 is 0 Å². The van der Waals surface area contributed by atoms with Crippen LogP contribution in [0.25, 0.3) is 22.6 Å². The Labute approximate surface area is 148 Å². The van der Waals surface area contributed by atoms with E-state index in [-0.39, 0.29) is 0 Å². The van der Waals surface area contributed by atoms with Crippen LogP contribution in [0.2, 0.25) is 0 Å². The third-order valence-electron chi connectivity index (χ3n) is 3.88. The fraction of sp³-hybridized carbons (Fsp3) is 0.111. The molecular weight excluding hydrogens is 332 g/mol. The van der Waals surface area contributed by atoms with E-state index in [1.807, 2.05) is 30.3 Å². The molecule has 0 bridgehead atoms. The molecule has 1 N–H and O–H groups in total. The molecule has 0 aliphatic carbocycles. The minimum absolute atomic E-state index is 0.581. The normalized spacial score (nSPS) is 11.8. The molecule has 0 radical (unpaired) electrons. The smallest absolute Gasteiger partial charge is 0.204 e. The number of rotatable bonds is 4. The molecule has 0 aliphatic heterocycles.